The van der Waals surface area contributed by atoms with E-state index in [4.69, 9.17) is 5.11 Å². The van der Waals surface area contributed by atoms with E-state index in [-0.39, 0.29) is 32.7 Å². The van der Waals surface area contributed by atoms with Crippen LogP contribution in [0.1, 0.15) is 0 Å². The molecule has 6 N–H and O–H groups in total. The zero-order valence-corrected chi connectivity index (χ0v) is 15.7. The molecule has 0 bridgehead atoms. The summed E-state index contributed by atoms with van der Waals surface area (Å²) in [5.41, 5.74) is 0. The molecular weight excluding hydrogens is 583 g/mol. The molecule has 0 spiro atoms. The van der Waals surface area contributed by atoms with Gasteiger partial charge in [0.2, 0.25) is 17.7 Å². The van der Waals surface area contributed by atoms with Crippen molar-refractivity contribution < 1.29 is 33.9 Å². The SMILES string of the molecule is CNCC(=O)O.O=[C-]NCC(=O)NCC(=O)NCC(=O)NCC=O.[Fm]. The van der Waals surface area contributed by atoms with Gasteiger partial charge in [0.05, 0.1) is 32.7 Å². The van der Waals surface area contributed by atoms with E-state index in [2.05, 4.69) is 21.3 Å². The van der Waals surface area contributed by atoms with Gasteiger partial charge in [-0.25, -0.2) is 0 Å². The van der Waals surface area contributed by atoms with Crippen LogP contribution in [0.4, 0.5) is 0 Å². The fraction of sp³-hybridized carbons (Fsp3) is 0.500. The van der Waals surface area contributed by atoms with Crippen molar-refractivity contribution in [1.82, 2.24) is 26.6 Å². The van der Waals surface area contributed by atoms with Gasteiger partial charge in [-0.3, -0.25) is 19.2 Å². The molecule has 4 amide bonds. The molecule has 13 heteroatoms. The Balaban J connectivity index is -0.000000592. The third-order valence-electron chi connectivity index (χ3n) is 1.92. The predicted octanol–water partition coefficient (Wildman–Crippen LogP) is -4.52. The number of hydrogen-bond donors (Lipinski definition) is 6. The van der Waals surface area contributed by atoms with Crippen LogP contribution in [0.5, 0.6) is 0 Å². The molecule has 0 unspecified atom stereocenters. The maximum Gasteiger partial charge on any atom is 0.317 e. The summed E-state index contributed by atoms with van der Waals surface area (Å²) in [7, 11) is 1.59. The molecule has 0 aromatic carbocycles. The van der Waals surface area contributed by atoms with Gasteiger partial charge in [0, 0.05) is 0 Å². The number of carbonyl (C=O) groups excluding carboxylic acids is 5. The number of hydrogen-bond acceptors (Lipinski definition) is 7. The zero-order valence-electron chi connectivity index (χ0n) is 13.3. The van der Waals surface area contributed by atoms with Crippen molar-refractivity contribution in [3.63, 3.8) is 0 Å². The zero-order chi connectivity index (χ0) is 18.8. The van der Waals surface area contributed by atoms with Crippen LogP contribution in [0.2, 0.25) is 0 Å². The second-order valence-electron chi connectivity index (χ2n) is 3.90. The molecule has 0 saturated carbocycles. The van der Waals surface area contributed by atoms with E-state index in [1.54, 1.807) is 7.05 Å². The summed E-state index contributed by atoms with van der Waals surface area (Å²) in [5, 5.41) is 19.0. The maximum absolute atomic E-state index is 11.1. The van der Waals surface area contributed by atoms with Crippen molar-refractivity contribution in [3.8, 4) is 0 Å². The Morgan fingerprint density at radius 3 is 1.76 bits per heavy atom. The Morgan fingerprint density at radius 2 is 1.40 bits per heavy atom. The molecule has 25 heavy (non-hydrogen) atoms. The van der Waals surface area contributed by atoms with Crippen LogP contribution in [0, 0.1) is 0 Å². The van der Waals surface area contributed by atoms with E-state index >= 15 is 0 Å². The van der Waals surface area contributed by atoms with Crippen LogP contribution < -0.4 is 26.6 Å². The summed E-state index contributed by atoms with van der Waals surface area (Å²) >= 11 is 0. The second-order valence-corrected chi connectivity index (χ2v) is 3.90. The Morgan fingerprint density at radius 1 is 0.920 bits per heavy atom. The third-order valence-corrected chi connectivity index (χ3v) is 1.92. The maximum atomic E-state index is 11.1. The van der Waals surface area contributed by atoms with E-state index in [0.717, 1.165) is 0 Å². The molecular formula is C12H20FmN5O7-. The van der Waals surface area contributed by atoms with Gasteiger partial charge in [-0.2, -0.15) is 6.41 Å². The number of rotatable bonds is 11. The number of likely N-dealkylation sites (N-methyl/N-ethyl adjacent to an activating group) is 1. The molecule has 12 nitrogen and oxygen atoms in total. The van der Waals surface area contributed by atoms with E-state index in [1.807, 2.05) is 5.32 Å². The van der Waals surface area contributed by atoms with Crippen molar-refractivity contribution in [2.24, 2.45) is 0 Å². The van der Waals surface area contributed by atoms with Gasteiger partial charge in [0.1, 0.15) is 6.29 Å². The predicted molar refractivity (Wildman–Crippen MR) is 80.4 cm³/mol. The minimum Gasteiger partial charge on any atom is -0.522 e. The van der Waals surface area contributed by atoms with Crippen molar-refractivity contribution in [2.45, 2.75) is 0 Å². The molecule has 0 rings (SSSR count). The summed E-state index contributed by atoms with van der Waals surface area (Å²) in [5.74, 6) is -2.46. The first-order valence-electron chi connectivity index (χ1n) is 6.57. The van der Waals surface area contributed by atoms with E-state index in [1.165, 1.54) is 6.41 Å². The summed E-state index contributed by atoms with van der Waals surface area (Å²) in [6, 6.07) is 0. The number of carbonyl (C=O) groups is 5. The Hall–Kier alpha value is -4.02. The number of aldehydes is 1. The molecule has 0 heterocycles. The number of aliphatic carboxylic acids is 1. The number of amides is 4. The topological polar surface area (TPSA) is 183 Å². The molecule has 0 aromatic rings. The molecule has 0 fully saturated rings. The van der Waals surface area contributed by atoms with Crippen molar-refractivity contribution in [1.29, 1.82) is 0 Å². The first-order chi connectivity index (χ1) is 11.4. The molecule has 148 valence electrons. The molecule has 0 aliphatic heterocycles. The first-order valence-corrected chi connectivity index (χ1v) is 6.57. The van der Waals surface area contributed by atoms with E-state index in [0.29, 0.717) is 6.29 Å². The summed E-state index contributed by atoms with van der Waals surface area (Å²) in [6.45, 7) is -0.973. The van der Waals surface area contributed by atoms with Crippen molar-refractivity contribution in [3.05, 3.63) is 0 Å². The smallest absolute Gasteiger partial charge is 0.317 e. The minimum absolute atomic E-state index is 0. The Bertz CT molecular complexity index is 418. The van der Waals surface area contributed by atoms with Crippen LogP contribution in [0.25, 0.3) is 0 Å². The number of carboxylic acids is 1. The van der Waals surface area contributed by atoms with Crippen LogP contribution >= 0.6 is 0 Å². The molecule has 0 saturated heterocycles. The molecule has 0 aliphatic carbocycles. The van der Waals surface area contributed by atoms with Gasteiger partial charge in [0.25, 0.3) is 0 Å². The van der Waals surface area contributed by atoms with E-state index < -0.39 is 23.7 Å². The standard InChI is InChI=1S/C9H13N4O5.C3H7NO2.Fm/c14-2-1-11-8(17)4-13-9(18)5-12-7(16)3-10-6-15;1-4-2-3(5)6;/h2H,1,3-5H2,(H,10,15)(H,11,17)(H,12,16)(H,13,18);4H,2H2,1H3,(H,5,6);/q-1;;. The quantitative estimate of drug-likeness (QED) is 0.0776. The van der Waals surface area contributed by atoms with Gasteiger partial charge in [-0.05, 0) is 7.05 Å². The van der Waals surface area contributed by atoms with Crippen LogP contribution in [-0.2, 0) is 28.8 Å². The van der Waals surface area contributed by atoms with Crippen LogP contribution in [-0.4, -0.2) is 81.3 Å². The van der Waals surface area contributed by atoms with E-state index in [9.17, 15) is 28.8 Å². The van der Waals surface area contributed by atoms with Crippen molar-refractivity contribution in [2.75, 3.05) is 39.8 Å². The van der Waals surface area contributed by atoms with Crippen LogP contribution in [0.15, 0.2) is 0 Å². The summed E-state index contributed by atoms with van der Waals surface area (Å²) in [4.78, 5) is 62.2. The normalized spacial score (nSPS) is 8.36. The second kappa shape index (κ2) is 18.0. The summed E-state index contributed by atoms with van der Waals surface area (Å²) in [6.07, 6.45) is 1.81. The fourth-order valence-electron chi connectivity index (χ4n) is 0.968. The van der Waals surface area contributed by atoms with Gasteiger partial charge < -0.3 is 41.3 Å². The van der Waals surface area contributed by atoms with Gasteiger partial charge >= 0.3 is 5.97 Å². The van der Waals surface area contributed by atoms with Gasteiger partial charge in [-0.1, -0.05) is 0 Å². The monoisotopic (exact) mass is 603 g/mol. The molecule has 0 radical (unpaired) electrons. The minimum atomic E-state index is -0.822. The average Bonchev–Trinajstić information content (AvgIpc) is 2.54. The third kappa shape index (κ3) is 22.4. The largest absolute Gasteiger partial charge is 0.522 e. The Kier molecular flexibility index (Phi) is 18.7. The van der Waals surface area contributed by atoms with Gasteiger partial charge in [0.15, 0.2) is 0 Å². The summed E-state index contributed by atoms with van der Waals surface area (Å²) < 4.78 is 0. The number of carboxylic acid groups (broad SMARTS) is 1. The average molecular weight is 603 g/mol. The first kappa shape index (κ1) is 25.9. The Labute approximate surface area is 137 Å². The number of nitrogens with one attached hydrogen (secondary N) is 5. The van der Waals surface area contributed by atoms with Crippen LogP contribution in [0.3, 0.4) is 0 Å². The fourth-order valence-corrected chi connectivity index (χ4v) is 0.968. The molecule has 0 aromatic heterocycles. The van der Waals surface area contributed by atoms with Crippen molar-refractivity contribution >= 4 is 36.4 Å². The molecule has 0 atom stereocenters. The van der Waals surface area contributed by atoms with Gasteiger partial charge in [-0.15, -0.1) is 0 Å². The molecule has 0 aliphatic rings.